The molecule has 0 aromatic heterocycles. The van der Waals surface area contributed by atoms with Gasteiger partial charge in [0.15, 0.2) is 0 Å². The van der Waals surface area contributed by atoms with E-state index in [2.05, 4.69) is 41.4 Å². The molecule has 134 valence electrons. The molecular weight excluding hydrogens is 342 g/mol. The van der Waals surface area contributed by atoms with Gasteiger partial charge in [-0.15, -0.1) is 0 Å². The predicted octanol–water partition coefficient (Wildman–Crippen LogP) is 6.38. The molecule has 5 rings (SSSR count). The molecule has 0 radical (unpaired) electrons. The zero-order valence-corrected chi connectivity index (χ0v) is 15.3. The van der Waals surface area contributed by atoms with Gasteiger partial charge in [0.05, 0.1) is 5.69 Å². The highest BCUT2D eigenvalue weighted by Crippen LogP contribution is 2.38. The van der Waals surface area contributed by atoms with Gasteiger partial charge in [0.2, 0.25) is 0 Å². The number of fused-ring (bicyclic) bond motifs is 3. The van der Waals surface area contributed by atoms with Crippen molar-refractivity contribution in [2.75, 3.05) is 0 Å². The molecule has 28 heavy (non-hydrogen) atoms. The minimum Gasteiger partial charge on any atom is -0.507 e. The highest BCUT2D eigenvalue weighted by atomic mass is 16.3. The maximum atomic E-state index is 10.7. The molecule has 1 aliphatic carbocycles. The molecule has 0 fully saturated rings. The van der Waals surface area contributed by atoms with Gasteiger partial charge < -0.3 is 5.11 Å². The van der Waals surface area contributed by atoms with E-state index in [1.54, 1.807) is 6.21 Å². The van der Waals surface area contributed by atoms with E-state index in [0.29, 0.717) is 5.56 Å². The Hall–Kier alpha value is -3.65. The number of aliphatic imine (C=N–C) groups is 1. The Labute approximate surface area is 164 Å². The van der Waals surface area contributed by atoms with Crippen LogP contribution in [0, 0.1) is 0 Å². The van der Waals surface area contributed by atoms with Crippen molar-refractivity contribution in [2.45, 2.75) is 6.42 Å². The number of benzene rings is 4. The molecule has 0 amide bonds. The van der Waals surface area contributed by atoms with E-state index in [4.69, 9.17) is 0 Å². The molecule has 4 aromatic rings. The van der Waals surface area contributed by atoms with Crippen LogP contribution in [0.2, 0.25) is 0 Å². The first-order valence-electron chi connectivity index (χ1n) is 9.42. The molecule has 1 aliphatic rings. The third-order valence-corrected chi connectivity index (χ3v) is 5.28. The molecule has 0 bridgehead atoms. The third kappa shape index (κ3) is 2.89. The smallest absolute Gasteiger partial charge is 0.132 e. The number of nitrogens with zero attached hydrogens (tertiary/aromatic N) is 1. The lowest BCUT2D eigenvalue weighted by Gasteiger charge is -2.07. The van der Waals surface area contributed by atoms with Gasteiger partial charge in [-0.1, -0.05) is 72.8 Å². The molecule has 0 aliphatic heterocycles. The molecule has 0 heterocycles. The number of phenols is 1. The molecule has 4 aromatic carbocycles. The second-order valence-corrected chi connectivity index (χ2v) is 7.04. The largest absolute Gasteiger partial charge is 0.507 e. The lowest BCUT2D eigenvalue weighted by molar-refractivity contribution is 0.476. The van der Waals surface area contributed by atoms with Gasteiger partial charge in [-0.25, -0.2) is 0 Å². The lowest BCUT2D eigenvalue weighted by atomic mass is 10.0. The summed E-state index contributed by atoms with van der Waals surface area (Å²) in [7, 11) is 0. The van der Waals surface area contributed by atoms with E-state index < -0.39 is 0 Å². The topological polar surface area (TPSA) is 32.6 Å². The Kier molecular flexibility index (Phi) is 4.02. The fourth-order valence-corrected chi connectivity index (χ4v) is 3.87. The van der Waals surface area contributed by atoms with E-state index in [9.17, 15) is 5.11 Å². The Morgan fingerprint density at radius 2 is 1.43 bits per heavy atom. The van der Waals surface area contributed by atoms with Gasteiger partial charge in [-0.3, -0.25) is 4.99 Å². The second kappa shape index (κ2) is 6.82. The summed E-state index contributed by atoms with van der Waals surface area (Å²) in [5.41, 5.74) is 8.70. The van der Waals surface area contributed by atoms with Gasteiger partial charge in [0.25, 0.3) is 0 Å². The Bertz CT molecular complexity index is 1190. The second-order valence-electron chi connectivity index (χ2n) is 7.04. The fourth-order valence-electron chi connectivity index (χ4n) is 3.87. The number of rotatable bonds is 3. The zero-order chi connectivity index (χ0) is 18.9. The van der Waals surface area contributed by atoms with Crippen molar-refractivity contribution in [2.24, 2.45) is 4.99 Å². The summed E-state index contributed by atoms with van der Waals surface area (Å²) in [4.78, 5) is 4.63. The third-order valence-electron chi connectivity index (χ3n) is 5.28. The fraction of sp³-hybridized carbons (Fsp3) is 0.0385. The highest BCUT2D eigenvalue weighted by molar-refractivity contribution is 5.90. The number of phenolic OH excluding ortho intramolecular Hbond substituents is 1. The van der Waals surface area contributed by atoms with Crippen LogP contribution in [0.25, 0.3) is 22.3 Å². The van der Waals surface area contributed by atoms with Crippen LogP contribution >= 0.6 is 0 Å². The van der Waals surface area contributed by atoms with Gasteiger partial charge in [-0.2, -0.15) is 0 Å². The maximum Gasteiger partial charge on any atom is 0.132 e. The molecule has 2 heteroatoms. The van der Waals surface area contributed by atoms with Crippen LogP contribution in [0.1, 0.15) is 16.7 Å². The van der Waals surface area contributed by atoms with Gasteiger partial charge in [0.1, 0.15) is 5.75 Å². The van der Waals surface area contributed by atoms with Crippen molar-refractivity contribution in [3.63, 3.8) is 0 Å². The zero-order valence-electron chi connectivity index (χ0n) is 15.3. The minimum absolute atomic E-state index is 0.256. The summed E-state index contributed by atoms with van der Waals surface area (Å²) < 4.78 is 0. The van der Waals surface area contributed by atoms with Crippen molar-refractivity contribution >= 4 is 11.9 Å². The van der Waals surface area contributed by atoms with Gasteiger partial charge in [-0.05, 0) is 52.4 Å². The molecule has 0 unspecified atom stereocenters. The van der Waals surface area contributed by atoms with Crippen molar-refractivity contribution in [1.29, 1.82) is 0 Å². The predicted molar refractivity (Wildman–Crippen MR) is 115 cm³/mol. The van der Waals surface area contributed by atoms with E-state index in [1.807, 2.05) is 54.6 Å². The van der Waals surface area contributed by atoms with E-state index in [1.165, 1.54) is 22.3 Å². The summed E-state index contributed by atoms with van der Waals surface area (Å²) >= 11 is 0. The lowest BCUT2D eigenvalue weighted by Crippen LogP contribution is -1.86. The van der Waals surface area contributed by atoms with E-state index in [0.717, 1.165) is 23.2 Å². The Balaban J connectivity index is 1.46. The van der Waals surface area contributed by atoms with Crippen molar-refractivity contribution in [3.05, 3.63) is 108 Å². The van der Waals surface area contributed by atoms with Crippen LogP contribution in [0.5, 0.6) is 5.75 Å². The first kappa shape index (κ1) is 16.5. The maximum absolute atomic E-state index is 10.7. The molecule has 1 N–H and O–H groups in total. The van der Waals surface area contributed by atoms with E-state index >= 15 is 0 Å². The van der Waals surface area contributed by atoms with Gasteiger partial charge in [0, 0.05) is 17.3 Å². The summed E-state index contributed by atoms with van der Waals surface area (Å²) in [6.07, 6.45) is 2.69. The average Bonchev–Trinajstić information content (AvgIpc) is 3.11. The standard InChI is InChI=1S/C26H19NO/c28-26-20(10-6-12-25(26)18-7-2-1-3-8-18)17-27-22-13-14-24-21(16-22)15-19-9-4-5-11-23(19)24/h1-14,16-17,28H,15H2/b27-17+. The van der Waals surface area contributed by atoms with Crippen LogP contribution in [0.4, 0.5) is 5.69 Å². The summed E-state index contributed by atoms with van der Waals surface area (Å²) in [6.45, 7) is 0. The molecule has 0 atom stereocenters. The highest BCUT2D eigenvalue weighted by Gasteiger charge is 2.17. The van der Waals surface area contributed by atoms with Crippen LogP contribution in [0.3, 0.4) is 0 Å². The Morgan fingerprint density at radius 1 is 0.679 bits per heavy atom. The number of para-hydroxylation sites is 1. The van der Waals surface area contributed by atoms with Crippen LogP contribution < -0.4 is 0 Å². The number of hydrogen-bond donors (Lipinski definition) is 1. The molecule has 0 saturated heterocycles. The minimum atomic E-state index is 0.256. The summed E-state index contributed by atoms with van der Waals surface area (Å²) in [6, 6.07) is 30.5. The normalized spacial score (nSPS) is 12.1. The molecule has 2 nitrogen and oxygen atoms in total. The SMILES string of the molecule is Oc1c(/C=N/c2ccc3c(c2)Cc2ccccc2-3)cccc1-c1ccccc1. The Morgan fingerprint density at radius 3 is 2.32 bits per heavy atom. The quantitative estimate of drug-likeness (QED) is 0.372. The van der Waals surface area contributed by atoms with Crippen LogP contribution in [-0.2, 0) is 6.42 Å². The average molecular weight is 361 g/mol. The van der Waals surface area contributed by atoms with Crippen molar-refractivity contribution in [3.8, 4) is 28.0 Å². The van der Waals surface area contributed by atoms with Crippen molar-refractivity contribution in [1.82, 2.24) is 0 Å². The van der Waals surface area contributed by atoms with Crippen LogP contribution in [-0.4, -0.2) is 11.3 Å². The first-order valence-corrected chi connectivity index (χ1v) is 9.42. The van der Waals surface area contributed by atoms with Crippen molar-refractivity contribution < 1.29 is 5.11 Å². The summed E-state index contributed by atoms with van der Waals surface area (Å²) in [5, 5.41) is 10.7. The molecule has 0 saturated carbocycles. The van der Waals surface area contributed by atoms with E-state index in [-0.39, 0.29) is 5.75 Å². The van der Waals surface area contributed by atoms with Crippen LogP contribution in [0.15, 0.2) is 96.0 Å². The molecular formula is C26H19NO. The first-order chi connectivity index (χ1) is 13.8. The van der Waals surface area contributed by atoms with Gasteiger partial charge >= 0.3 is 0 Å². The summed E-state index contributed by atoms with van der Waals surface area (Å²) in [5.74, 6) is 0.256. The monoisotopic (exact) mass is 361 g/mol. The number of hydrogen-bond acceptors (Lipinski definition) is 2. The number of aromatic hydroxyl groups is 1. The molecule has 0 spiro atoms.